The minimum absolute atomic E-state index is 0.443. The lowest BCUT2D eigenvalue weighted by atomic mass is 10.1. The molecule has 63 valence electrons. The van der Waals surface area contributed by atoms with Crippen LogP contribution in [0.5, 0.6) is 0 Å². The highest BCUT2D eigenvalue weighted by atomic mass is 35.5. The summed E-state index contributed by atoms with van der Waals surface area (Å²) in [5.41, 5.74) is 0. The van der Waals surface area contributed by atoms with Gasteiger partial charge >= 0.3 is 16.6 Å². The van der Waals surface area contributed by atoms with Gasteiger partial charge in [0.25, 0.3) is 0 Å². The Morgan fingerprint density at radius 2 is 2.08 bits per heavy atom. The van der Waals surface area contributed by atoms with E-state index in [9.17, 15) is 4.21 Å². The molecule has 2 rings (SSSR count). The summed E-state index contributed by atoms with van der Waals surface area (Å²) in [6, 6.07) is 12.0. The van der Waals surface area contributed by atoms with Crippen LogP contribution in [0.3, 0.4) is 0 Å². The van der Waals surface area contributed by atoms with Gasteiger partial charge in [-0.1, -0.05) is 23.7 Å². The Bertz CT molecular complexity index is 467. The van der Waals surface area contributed by atoms with Gasteiger partial charge < -0.3 is 0 Å². The van der Waals surface area contributed by atoms with Crippen molar-refractivity contribution in [2.75, 3.05) is 0 Å². The minimum Gasteiger partial charge on any atom is -0.0837 e. The van der Waals surface area contributed by atoms with Gasteiger partial charge in [-0.05, 0) is 18.2 Å². The first kappa shape index (κ1) is 8.60. The number of benzene rings is 2. The molecule has 2 aromatic rings. The van der Waals surface area contributed by atoms with Crippen LogP contribution in [0.25, 0.3) is 10.8 Å². The lowest BCUT2D eigenvalue weighted by Gasteiger charge is -1.95. The number of fused-ring (bicyclic) bond motifs is 1. The van der Waals surface area contributed by atoms with E-state index >= 15 is 0 Å². The summed E-state index contributed by atoms with van der Waals surface area (Å²) < 4.78 is 10.7. The maximum atomic E-state index is 10.7. The van der Waals surface area contributed by atoms with Crippen LogP contribution in [0.15, 0.2) is 35.2 Å². The highest BCUT2D eigenvalue weighted by Gasteiger charge is 2.12. The van der Waals surface area contributed by atoms with Gasteiger partial charge in [0.1, 0.15) is 0 Å². The lowest BCUT2D eigenvalue weighted by Crippen LogP contribution is -1.79. The second kappa shape index (κ2) is 3.40. The molecule has 0 aliphatic carbocycles. The Morgan fingerprint density at radius 1 is 1.23 bits per heavy atom. The first-order chi connectivity index (χ1) is 6.33. The van der Waals surface area contributed by atoms with Crippen molar-refractivity contribution in [3.8, 4) is 0 Å². The third-order valence-corrected chi connectivity index (χ3v) is 2.68. The van der Waals surface area contributed by atoms with Crippen molar-refractivity contribution in [1.82, 2.24) is 0 Å². The van der Waals surface area contributed by atoms with Crippen molar-refractivity contribution in [2.45, 2.75) is 4.90 Å². The summed E-state index contributed by atoms with van der Waals surface area (Å²) >= 11 is 6.40. The molecule has 0 atom stereocenters. The van der Waals surface area contributed by atoms with Gasteiger partial charge in [-0.25, -0.2) is 0 Å². The standard InChI is InChI=1S/C10H5ClOS/c11-9-5-1-4-8-7(9)3-2-6-10(8)13-12/h1-5H/q+1. The van der Waals surface area contributed by atoms with Gasteiger partial charge in [-0.2, -0.15) is 0 Å². The second-order valence-corrected chi connectivity index (χ2v) is 3.57. The predicted octanol–water partition coefficient (Wildman–Crippen LogP) is 3.08. The van der Waals surface area contributed by atoms with E-state index in [1.807, 2.05) is 24.3 Å². The zero-order valence-corrected chi connectivity index (χ0v) is 8.15. The Morgan fingerprint density at radius 3 is 2.85 bits per heavy atom. The molecule has 13 heavy (non-hydrogen) atoms. The molecule has 2 aromatic carbocycles. The van der Waals surface area contributed by atoms with E-state index in [4.69, 9.17) is 11.6 Å². The Balaban J connectivity index is 2.92. The van der Waals surface area contributed by atoms with Gasteiger partial charge in [0, 0.05) is 14.6 Å². The molecule has 0 saturated heterocycles. The fourth-order valence-electron chi connectivity index (χ4n) is 1.25. The van der Waals surface area contributed by atoms with Crippen LogP contribution >= 0.6 is 11.6 Å². The molecule has 3 heteroatoms. The van der Waals surface area contributed by atoms with Crippen molar-refractivity contribution in [2.24, 2.45) is 0 Å². The maximum absolute atomic E-state index is 10.7. The van der Waals surface area contributed by atoms with E-state index < -0.39 is 0 Å². The van der Waals surface area contributed by atoms with Crippen LogP contribution < -0.4 is 0 Å². The van der Waals surface area contributed by atoms with Gasteiger partial charge in [0.15, 0.2) is 0 Å². The molecule has 0 fully saturated rings. The monoisotopic (exact) mass is 208 g/mol. The first-order valence-corrected chi connectivity index (χ1v) is 4.83. The molecule has 1 nitrogen and oxygen atoms in total. The van der Waals surface area contributed by atoms with Gasteiger partial charge in [0.2, 0.25) is 0 Å². The zero-order valence-electron chi connectivity index (χ0n) is 6.58. The normalized spacial score (nSPS) is 10.2. The van der Waals surface area contributed by atoms with Crippen LogP contribution in [0.4, 0.5) is 0 Å². The van der Waals surface area contributed by atoms with E-state index in [1.54, 1.807) is 6.07 Å². The fraction of sp³-hybridized carbons (Fsp3) is 0. The highest BCUT2D eigenvalue weighted by Crippen LogP contribution is 2.25. The minimum atomic E-state index is 0.443. The molecular weight excluding hydrogens is 204 g/mol. The van der Waals surface area contributed by atoms with Gasteiger partial charge in [-0.15, -0.1) is 0 Å². The third-order valence-electron chi connectivity index (χ3n) is 1.85. The molecule has 0 spiro atoms. The summed E-state index contributed by atoms with van der Waals surface area (Å²) in [7, 11) is 0. The summed E-state index contributed by atoms with van der Waals surface area (Å²) in [6.07, 6.45) is 0. The lowest BCUT2D eigenvalue weighted by molar-refractivity contribution is 0.605. The number of halogens is 1. The molecule has 0 saturated carbocycles. The van der Waals surface area contributed by atoms with Crippen molar-refractivity contribution in [3.63, 3.8) is 0 Å². The maximum Gasteiger partial charge on any atom is 0.506 e. The van der Waals surface area contributed by atoms with Crippen molar-refractivity contribution in [3.05, 3.63) is 41.4 Å². The molecule has 0 heterocycles. The van der Waals surface area contributed by atoms with Crippen LogP contribution in [0.2, 0.25) is 5.02 Å². The topological polar surface area (TPSA) is 17.1 Å². The molecule has 0 amide bonds. The summed E-state index contributed by atoms with van der Waals surface area (Å²) in [6.45, 7) is 0. The van der Waals surface area contributed by atoms with E-state index in [0.717, 1.165) is 10.8 Å². The molecule has 0 aliphatic heterocycles. The van der Waals surface area contributed by atoms with E-state index in [2.05, 4.69) is 6.07 Å². The van der Waals surface area contributed by atoms with Crippen molar-refractivity contribution < 1.29 is 4.21 Å². The average Bonchev–Trinajstić information content (AvgIpc) is 2.18. The van der Waals surface area contributed by atoms with Crippen LogP contribution in [-0.4, -0.2) is 0 Å². The van der Waals surface area contributed by atoms with Crippen LogP contribution in [0.1, 0.15) is 0 Å². The van der Waals surface area contributed by atoms with Crippen LogP contribution in [-0.2, 0) is 15.9 Å². The molecule has 0 aliphatic rings. The molecule has 0 bridgehead atoms. The Labute approximate surface area is 84.8 Å². The SMILES string of the molecule is O=[S+]c1[c]ccc2c(Cl)cccc12. The number of hydrogen-bond donors (Lipinski definition) is 0. The van der Waals surface area contributed by atoms with Crippen LogP contribution in [0, 0.1) is 6.07 Å². The largest absolute Gasteiger partial charge is 0.506 e. The summed E-state index contributed by atoms with van der Waals surface area (Å²) in [5, 5.41) is 2.44. The predicted molar refractivity (Wildman–Crippen MR) is 54.1 cm³/mol. The Hall–Kier alpha value is -0.990. The molecular formula is C10H5ClOS+. The molecule has 1 radical (unpaired) electrons. The van der Waals surface area contributed by atoms with Gasteiger partial charge in [0.05, 0.1) is 11.5 Å². The number of rotatable bonds is 1. The Kier molecular flexibility index (Phi) is 2.25. The zero-order chi connectivity index (χ0) is 9.26. The van der Waals surface area contributed by atoms with Crippen molar-refractivity contribution in [1.29, 1.82) is 0 Å². The number of hydrogen-bond acceptors (Lipinski definition) is 1. The molecule has 0 aromatic heterocycles. The van der Waals surface area contributed by atoms with Gasteiger partial charge in [-0.3, -0.25) is 0 Å². The smallest absolute Gasteiger partial charge is 0.0837 e. The summed E-state index contributed by atoms with van der Waals surface area (Å²) in [5.74, 6) is 0. The molecule has 0 N–H and O–H groups in total. The average molecular weight is 209 g/mol. The van der Waals surface area contributed by atoms with E-state index in [1.165, 1.54) is 0 Å². The fourth-order valence-corrected chi connectivity index (χ4v) is 1.87. The second-order valence-electron chi connectivity index (χ2n) is 2.59. The third kappa shape index (κ3) is 1.43. The van der Waals surface area contributed by atoms with Crippen molar-refractivity contribution >= 4 is 34.0 Å². The van der Waals surface area contributed by atoms with E-state index in [0.29, 0.717) is 21.6 Å². The van der Waals surface area contributed by atoms with E-state index in [-0.39, 0.29) is 0 Å². The summed E-state index contributed by atoms with van der Waals surface area (Å²) in [4.78, 5) is 0.597. The molecule has 0 unspecified atom stereocenters. The quantitative estimate of drug-likeness (QED) is 0.659. The first-order valence-electron chi connectivity index (χ1n) is 3.71. The highest BCUT2D eigenvalue weighted by molar-refractivity contribution is 7.65.